The Morgan fingerprint density at radius 3 is 2.67 bits per heavy atom. The van der Waals surface area contributed by atoms with Crippen molar-refractivity contribution in [1.29, 1.82) is 0 Å². The van der Waals surface area contributed by atoms with Gasteiger partial charge in [0.1, 0.15) is 0 Å². The number of allylic oxidation sites excluding steroid dienone is 3. The fourth-order valence-electron chi connectivity index (χ4n) is 3.83. The van der Waals surface area contributed by atoms with E-state index in [-0.39, 0.29) is 16.5 Å². The number of nitrogens with zero attached hydrogens (tertiary/aromatic N) is 3. The van der Waals surface area contributed by atoms with E-state index in [9.17, 15) is 10.1 Å². The van der Waals surface area contributed by atoms with Crippen molar-refractivity contribution in [3.05, 3.63) is 86.9 Å². The van der Waals surface area contributed by atoms with Crippen LogP contribution in [0.25, 0.3) is 5.57 Å². The summed E-state index contributed by atoms with van der Waals surface area (Å²) in [5.41, 5.74) is 6.00. The number of fused-ring (bicyclic) bond motifs is 3. The number of para-hydroxylation sites is 1. The summed E-state index contributed by atoms with van der Waals surface area (Å²) in [5.74, 6) is 0.337. The molecule has 0 fully saturated rings. The summed E-state index contributed by atoms with van der Waals surface area (Å²) in [5, 5.41) is 11.7. The highest BCUT2D eigenvalue weighted by Gasteiger charge is 2.38. The molecule has 27 heavy (non-hydrogen) atoms. The van der Waals surface area contributed by atoms with Crippen molar-refractivity contribution in [2.24, 2.45) is 10.9 Å². The molecule has 0 spiro atoms. The lowest BCUT2D eigenvalue weighted by molar-refractivity contribution is -0.419. The Labute approximate surface area is 158 Å². The van der Waals surface area contributed by atoms with Gasteiger partial charge in [-0.15, -0.1) is 0 Å². The van der Waals surface area contributed by atoms with Crippen LogP contribution in [0.15, 0.2) is 64.8 Å². The van der Waals surface area contributed by atoms with Gasteiger partial charge in [-0.05, 0) is 31.0 Å². The Morgan fingerprint density at radius 1 is 1.15 bits per heavy atom. The van der Waals surface area contributed by atoms with Gasteiger partial charge in [-0.25, -0.2) is 0 Å². The van der Waals surface area contributed by atoms with Crippen molar-refractivity contribution >= 4 is 17.0 Å². The van der Waals surface area contributed by atoms with Crippen LogP contribution < -0.4 is 0 Å². The summed E-state index contributed by atoms with van der Waals surface area (Å²) in [6.07, 6.45) is 2.65. The molecule has 2 heterocycles. The third kappa shape index (κ3) is 2.99. The van der Waals surface area contributed by atoms with Crippen LogP contribution in [0.5, 0.6) is 0 Å². The number of benzene rings is 1. The van der Waals surface area contributed by atoms with Crippen LogP contribution in [0.3, 0.4) is 0 Å². The highest BCUT2D eigenvalue weighted by molar-refractivity contribution is 6.32. The maximum atomic E-state index is 11.7. The van der Waals surface area contributed by atoms with E-state index in [1.54, 1.807) is 0 Å². The summed E-state index contributed by atoms with van der Waals surface area (Å²) in [4.78, 5) is 21.0. The Bertz CT molecular complexity index is 1030. The molecule has 1 unspecified atom stereocenters. The molecule has 1 aliphatic carbocycles. The second-order valence-corrected chi connectivity index (χ2v) is 7.36. The molecule has 1 aromatic heterocycles. The predicted molar refractivity (Wildman–Crippen MR) is 107 cm³/mol. The lowest BCUT2D eigenvalue weighted by Gasteiger charge is -2.21. The third-order valence-corrected chi connectivity index (χ3v) is 5.11. The van der Waals surface area contributed by atoms with Gasteiger partial charge in [0.2, 0.25) is 0 Å². The van der Waals surface area contributed by atoms with E-state index in [2.05, 4.69) is 13.8 Å². The lowest BCUT2D eigenvalue weighted by atomic mass is 9.82. The molecule has 1 aromatic carbocycles. The first kappa shape index (κ1) is 17.3. The minimum absolute atomic E-state index is 0.0222. The minimum Gasteiger partial charge on any atom is -0.258 e. The average Bonchev–Trinajstić information content (AvgIpc) is 3.01. The normalized spacial score (nSPS) is 18.1. The van der Waals surface area contributed by atoms with Crippen molar-refractivity contribution in [2.45, 2.75) is 33.1 Å². The first-order valence-electron chi connectivity index (χ1n) is 9.17. The van der Waals surface area contributed by atoms with Crippen LogP contribution in [0.2, 0.25) is 0 Å². The van der Waals surface area contributed by atoms with E-state index in [1.165, 1.54) is 0 Å². The Balaban J connectivity index is 1.78. The highest BCUT2D eigenvalue weighted by Crippen LogP contribution is 2.44. The largest absolute Gasteiger partial charge is 0.281 e. The van der Waals surface area contributed by atoms with E-state index in [4.69, 9.17) is 9.98 Å². The van der Waals surface area contributed by atoms with E-state index in [1.807, 2.05) is 55.5 Å². The number of aromatic nitrogens is 1. The Morgan fingerprint density at radius 2 is 1.93 bits per heavy atom. The van der Waals surface area contributed by atoms with Crippen LogP contribution in [-0.4, -0.2) is 15.6 Å². The highest BCUT2D eigenvalue weighted by atomic mass is 16.6. The van der Waals surface area contributed by atoms with Crippen LogP contribution in [0.1, 0.15) is 43.6 Å². The summed E-state index contributed by atoms with van der Waals surface area (Å²) in [6.45, 7) is 6.06. The van der Waals surface area contributed by atoms with E-state index < -0.39 is 0 Å². The van der Waals surface area contributed by atoms with Gasteiger partial charge >= 0.3 is 0 Å². The van der Waals surface area contributed by atoms with Crippen molar-refractivity contribution in [2.75, 3.05) is 0 Å². The van der Waals surface area contributed by atoms with E-state index in [0.717, 1.165) is 28.4 Å². The molecule has 1 atom stereocenters. The van der Waals surface area contributed by atoms with Crippen LogP contribution in [0, 0.1) is 16.0 Å². The van der Waals surface area contributed by atoms with Gasteiger partial charge in [-0.3, -0.25) is 20.1 Å². The molecule has 5 nitrogen and oxygen atoms in total. The SMILES string of the molecule is CC1=CC(Cc2cccc(C(C)C)n2)C2=Nc3ccccc3C2=C1[N+](=O)[O-]. The smallest absolute Gasteiger partial charge is 0.258 e. The zero-order valence-corrected chi connectivity index (χ0v) is 15.6. The fourth-order valence-corrected chi connectivity index (χ4v) is 3.83. The number of hydrogen-bond donors (Lipinski definition) is 0. The molecule has 5 heteroatoms. The molecule has 0 radical (unpaired) electrons. The van der Waals surface area contributed by atoms with Gasteiger partial charge in [-0.2, -0.15) is 0 Å². The maximum absolute atomic E-state index is 11.7. The predicted octanol–water partition coefficient (Wildman–Crippen LogP) is 5.10. The number of pyridine rings is 1. The van der Waals surface area contributed by atoms with E-state index in [0.29, 0.717) is 23.5 Å². The zero-order chi connectivity index (χ0) is 19.1. The molecule has 136 valence electrons. The molecule has 0 N–H and O–H groups in total. The molecular weight excluding hydrogens is 338 g/mol. The average molecular weight is 359 g/mol. The molecule has 0 bridgehead atoms. The quantitative estimate of drug-likeness (QED) is 0.563. The molecule has 0 saturated carbocycles. The first-order valence-corrected chi connectivity index (χ1v) is 9.17. The van der Waals surface area contributed by atoms with Gasteiger partial charge in [0.25, 0.3) is 5.70 Å². The van der Waals surface area contributed by atoms with Gasteiger partial charge in [-0.1, -0.05) is 44.2 Å². The van der Waals surface area contributed by atoms with Crippen molar-refractivity contribution in [1.82, 2.24) is 4.98 Å². The van der Waals surface area contributed by atoms with E-state index >= 15 is 0 Å². The summed E-state index contributed by atoms with van der Waals surface area (Å²) >= 11 is 0. The van der Waals surface area contributed by atoms with Gasteiger partial charge in [0.05, 0.1) is 21.9 Å². The molecule has 2 aromatic rings. The number of nitro groups is 1. The van der Waals surface area contributed by atoms with Gasteiger partial charge < -0.3 is 0 Å². The topological polar surface area (TPSA) is 68.4 Å². The molecular formula is C22H21N3O2. The molecule has 4 rings (SSSR count). The minimum atomic E-state index is -0.285. The number of rotatable bonds is 4. The molecule has 2 aliphatic rings. The number of hydrogen-bond acceptors (Lipinski definition) is 4. The Hall–Kier alpha value is -3.08. The standard InChI is InChI=1S/C22H21N3O2/c1-13(2)18-10-6-7-16(23-18)12-15-11-14(3)22(25(26)27)20-17-8-4-5-9-19(17)24-21(15)20/h4-11,13,15H,12H2,1-3H3. The van der Waals surface area contributed by atoms with Gasteiger partial charge in [0, 0.05) is 34.9 Å². The lowest BCUT2D eigenvalue weighted by Crippen LogP contribution is -2.23. The summed E-state index contributed by atoms with van der Waals surface area (Å²) < 4.78 is 0. The van der Waals surface area contributed by atoms with Crippen molar-refractivity contribution in [3.8, 4) is 0 Å². The van der Waals surface area contributed by atoms with Crippen molar-refractivity contribution < 1.29 is 4.92 Å². The fraction of sp³-hybridized carbons (Fsp3) is 0.273. The summed E-state index contributed by atoms with van der Waals surface area (Å²) in [7, 11) is 0. The molecule has 0 amide bonds. The monoisotopic (exact) mass is 359 g/mol. The maximum Gasteiger partial charge on any atom is 0.281 e. The van der Waals surface area contributed by atoms with Gasteiger partial charge in [0.15, 0.2) is 0 Å². The second-order valence-electron chi connectivity index (χ2n) is 7.36. The van der Waals surface area contributed by atoms with Crippen molar-refractivity contribution in [3.63, 3.8) is 0 Å². The van der Waals surface area contributed by atoms with Crippen LogP contribution >= 0.6 is 0 Å². The van der Waals surface area contributed by atoms with Crippen LogP contribution in [0.4, 0.5) is 5.69 Å². The molecule has 0 saturated heterocycles. The second kappa shape index (κ2) is 6.58. The number of aliphatic imine (C=N–C) groups is 1. The zero-order valence-electron chi connectivity index (χ0n) is 15.6. The first-order chi connectivity index (χ1) is 13.0. The third-order valence-electron chi connectivity index (χ3n) is 5.11. The molecule has 1 aliphatic heterocycles. The Kier molecular flexibility index (Phi) is 4.22. The van der Waals surface area contributed by atoms with Crippen LogP contribution in [-0.2, 0) is 6.42 Å². The summed E-state index contributed by atoms with van der Waals surface area (Å²) in [6, 6.07) is 13.7.